The van der Waals surface area contributed by atoms with Crippen LogP contribution in [-0.2, 0) is 6.54 Å². The van der Waals surface area contributed by atoms with Gasteiger partial charge in [0.2, 0.25) is 5.75 Å². The van der Waals surface area contributed by atoms with Crippen molar-refractivity contribution >= 4 is 17.2 Å². The Kier molecular flexibility index (Phi) is 4.15. The minimum Gasteiger partial charge on any atom is -0.501 e. The monoisotopic (exact) mass is 328 g/mol. The SMILES string of the molecule is O=C(NCc1ccccc1)c1nc(-c2nccs2)nc(O)c1O. The fourth-order valence-corrected chi connectivity index (χ4v) is 2.46. The molecule has 0 fully saturated rings. The first-order valence-electron chi connectivity index (χ1n) is 6.67. The first kappa shape index (κ1) is 14.9. The van der Waals surface area contributed by atoms with Crippen molar-refractivity contribution in [2.45, 2.75) is 6.54 Å². The number of thiazole rings is 1. The van der Waals surface area contributed by atoms with E-state index in [0.717, 1.165) is 5.56 Å². The molecule has 0 bridgehead atoms. The Labute approximate surface area is 135 Å². The molecular weight excluding hydrogens is 316 g/mol. The zero-order valence-corrected chi connectivity index (χ0v) is 12.6. The minimum atomic E-state index is -0.657. The topological polar surface area (TPSA) is 108 Å². The molecule has 0 aliphatic carbocycles. The van der Waals surface area contributed by atoms with E-state index in [0.29, 0.717) is 5.01 Å². The number of hydrogen-bond acceptors (Lipinski definition) is 7. The van der Waals surface area contributed by atoms with Gasteiger partial charge in [0.15, 0.2) is 16.5 Å². The van der Waals surface area contributed by atoms with Crippen LogP contribution in [0.25, 0.3) is 10.8 Å². The van der Waals surface area contributed by atoms with E-state index in [-0.39, 0.29) is 18.1 Å². The molecule has 0 unspecified atom stereocenters. The van der Waals surface area contributed by atoms with Gasteiger partial charge in [0.05, 0.1) is 0 Å². The molecule has 0 radical (unpaired) electrons. The summed E-state index contributed by atoms with van der Waals surface area (Å²) in [6, 6.07) is 9.31. The maximum absolute atomic E-state index is 12.2. The first-order chi connectivity index (χ1) is 11.1. The normalized spacial score (nSPS) is 10.4. The number of aromatic hydroxyl groups is 2. The Morgan fingerprint density at radius 3 is 2.65 bits per heavy atom. The third-order valence-electron chi connectivity index (χ3n) is 3.00. The molecule has 2 heterocycles. The number of benzene rings is 1. The van der Waals surface area contributed by atoms with Crippen LogP contribution in [-0.4, -0.2) is 31.1 Å². The molecule has 1 amide bonds. The molecule has 23 heavy (non-hydrogen) atoms. The molecule has 0 aliphatic rings. The van der Waals surface area contributed by atoms with Crippen LogP contribution in [0.1, 0.15) is 16.1 Å². The predicted octanol–water partition coefficient (Wildman–Crippen LogP) is 1.94. The van der Waals surface area contributed by atoms with Crippen molar-refractivity contribution in [2.24, 2.45) is 0 Å². The smallest absolute Gasteiger partial charge is 0.274 e. The van der Waals surface area contributed by atoms with E-state index in [1.165, 1.54) is 11.3 Å². The largest absolute Gasteiger partial charge is 0.501 e. The van der Waals surface area contributed by atoms with Crippen LogP contribution in [0, 0.1) is 0 Å². The average molecular weight is 328 g/mol. The third-order valence-corrected chi connectivity index (χ3v) is 3.77. The molecule has 1 aromatic carbocycles. The van der Waals surface area contributed by atoms with Gasteiger partial charge in [-0.05, 0) is 5.56 Å². The molecule has 3 aromatic rings. The summed E-state index contributed by atoms with van der Waals surface area (Å²) < 4.78 is 0. The predicted molar refractivity (Wildman–Crippen MR) is 84.1 cm³/mol. The summed E-state index contributed by atoms with van der Waals surface area (Å²) in [5.74, 6) is -1.84. The van der Waals surface area contributed by atoms with Crippen molar-refractivity contribution < 1.29 is 15.0 Å². The Morgan fingerprint density at radius 1 is 1.17 bits per heavy atom. The molecule has 3 N–H and O–H groups in total. The summed E-state index contributed by atoms with van der Waals surface area (Å²) in [7, 11) is 0. The zero-order valence-electron chi connectivity index (χ0n) is 11.8. The molecule has 7 nitrogen and oxygen atoms in total. The summed E-state index contributed by atoms with van der Waals surface area (Å²) in [5, 5.41) is 24.3. The van der Waals surface area contributed by atoms with Crippen LogP contribution in [0.5, 0.6) is 11.6 Å². The number of amides is 1. The van der Waals surface area contributed by atoms with Crippen molar-refractivity contribution in [2.75, 3.05) is 0 Å². The number of nitrogens with zero attached hydrogens (tertiary/aromatic N) is 3. The second-order valence-corrected chi connectivity index (χ2v) is 5.47. The number of aromatic nitrogens is 3. The highest BCUT2D eigenvalue weighted by Gasteiger charge is 2.20. The molecule has 0 saturated carbocycles. The molecule has 0 aliphatic heterocycles. The van der Waals surface area contributed by atoms with Crippen LogP contribution >= 0.6 is 11.3 Å². The van der Waals surface area contributed by atoms with Gasteiger partial charge in [-0.25, -0.2) is 9.97 Å². The van der Waals surface area contributed by atoms with Crippen LogP contribution in [0.3, 0.4) is 0 Å². The maximum atomic E-state index is 12.2. The summed E-state index contributed by atoms with van der Waals surface area (Å²) >= 11 is 1.26. The lowest BCUT2D eigenvalue weighted by molar-refractivity contribution is 0.0942. The number of carbonyl (C=O) groups excluding carboxylic acids is 1. The fraction of sp³-hybridized carbons (Fsp3) is 0.0667. The van der Waals surface area contributed by atoms with Gasteiger partial charge in [-0.3, -0.25) is 4.79 Å². The summed E-state index contributed by atoms with van der Waals surface area (Å²) in [6.45, 7) is 0.274. The molecule has 0 saturated heterocycles. The molecule has 3 rings (SSSR count). The van der Waals surface area contributed by atoms with Gasteiger partial charge in [-0.15, -0.1) is 11.3 Å². The Balaban J connectivity index is 1.85. The lowest BCUT2D eigenvalue weighted by Gasteiger charge is -2.08. The highest BCUT2D eigenvalue weighted by atomic mass is 32.1. The lowest BCUT2D eigenvalue weighted by atomic mass is 10.2. The number of nitrogens with one attached hydrogen (secondary N) is 1. The van der Waals surface area contributed by atoms with Crippen LogP contribution in [0.2, 0.25) is 0 Å². The third kappa shape index (κ3) is 3.27. The lowest BCUT2D eigenvalue weighted by Crippen LogP contribution is -2.24. The van der Waals surface area contributed by atoms with Gasteiger partial charge in [0.25, 0.3) is 11.8 Å². The molecular formula is C15H12N4O3S. The van der Waals surface area contributed by atoms with Crippen molar-refractivity contribution in [3.63, 3.8) is 0 Å². The van der Waals surface area contributed by atoms with Crippen molar-refractivity contribution in [3.05, 3.63) is 53.2 Å². The van der Waals surface area contributed by atoms with E-state index in [1.54, 1.807) is 11.6 Å². The number of rotatable bonds is 4. The fourth-order valence-electron chi connectivity index (χ4n) is 1.89. The van der Waals surface area contributed by atoms with Gasteiger partial charge in [0, 0.05) is 18.1 Å². The second-order valence-electron chi connectivity index (χ2n) is 4.57. The van der Waals surface area contributed by atoms with E-state index in [2.05, 4.69) is 20.3 Å². The quantitative estimate of drug-likeness (QED) is 0.675. The summed E-state index contributed by atoms with van der Waals surface area (Å²) in [4.78, 5) is 24.0. The van der Waals surface area contributed by atoms with Crippen molar-refractivity contribution in [1.29, 1.82) is 0 Å². The summed E-state index contributed by atoms with van der Waals surface area (Å²) in [5.41, 5.74) is 0.609. The number of hydrogen-bond donors (Lipinski definition) is 3. The van der Waals surface area contributed by atoms with Crippen LogP contribution in [0.15, 0.2) is 41.9 Å². The highest BCUT2D eigenvalue weighted by Crippen LogP contribution is 2.29. The van der Waals surface area contributed by atoms with Gasteiger partial charge in [-0.1, -0.05) is 30.3 Å². The molecule has 0 atom stereocenters. The van der Waals surface area contributed by atoms with E-state index >= 15 is 0 Å². The molecule has 116 valence electrons. The second kappa shape index (κ2) is 6.41. The van der Waals surface area contributed by atoms with Gasteiger partial charge in [0.1, 0.15) is 0 Å². The average Bonchev–Trinajstić information content (AvgIpc) is 3.10. The van der Waals surface area contributed by atoms with E-state index in [1.807, 2.05) is 30.3 Å². The van der Waals surface area contributed by atoms with E-state index < -0.39 is 17.5 Å². The highest BCUT2D eigenvalue weighted by molar-refractivity contribution is 7.13. The van der Waals surface area contributed by atoms with Crippen LogP contribution < -0.4 is 5.32 Å². The van der Waals surface area contributed by atoms with Crippen molar-refractivity contribution in [3.8, 4) is 22.5 Å². The zero-order chi connectivity index (χ0) is 16.2. The van der Waals surface area contributed by atoms with Gasteiger partial charge < -0.3 is 15.5 Å². The Bertz CT molecular complexity index is 822. The van der Waals surface area contributed by atoms with Crippen LogP contribution in [0.4, 0.5) is 0 Å². The van der Waals surface area contributed by atoms with Gasteiger partial charge >= 0.3 is 0 Å². The standard InChI is InChI=1S/C15H12N4O3S/c20-11-10(13(21)17-8-9-4-2-1-3-5-9)18-12(19-14(11)22)15-16-6-7-23-15/h1-7,20H,8H2,(H,17,21)(H,18,19,22). The molecule has 2 aromatic heterocycles. The van der Waals surface area contributed by atoms with E-state index in [4.69, 9.17) is 0 Å². The van der Waals surface area contributed by atoms with Crippen molar-refractivity contribution in [1.82, 2.24) is 20.3 Å². The maximum Gasteiger partial charge on any atom is 0.274 e. The molecule has 0 spiro atoms. The first-order valence-corrected chi connectivity index (χ1v) is 7.55. The number of carbonyl (C=O) groups is 1. The van der Waals surface area contributed by atoms with Gasteiger partial charge in [-0.2, -0.15) is 4.98 Å². The molecule has 8 heteroatoms. The Morgan fingerprint density at radius 2 is 1.96 bits per heavy atom. The summed E-state index contributed by atoms with van der Waals surface area (Å²) in [6.07, 6.45) is 1.56. The van der Waals surface area contributed by atoms with E-state index in [9.17, 15) is 15.0 Å². The minimum absolute atomic E-state index is 0.0835. The Hall–Kier alpha value is -3.00.